The van der Waals surface area contributed by atoms with Gasteiger partial charge in [-0.25, -0.2) is 0 Å². The lowest BCUT2D eigenvalue weighted by Crippen LogP contribution is -2.29. The van der Waals surface area contributed by atoms with Crippen LogP contribution in [0.1, 0.15) is 43.9 Å². The molecule has 2 nitrogen and oxygen atoms in total. The van der Waals surface area contributed by atoms with Gasteiger partial charge < -0.3 is 9.84 Å². The first-order valence-electron chi connectivity index (χ1n) is 7.14. The van der Waals surface area contributed by atoms with Gasteiger partial charge in [-0.15, -0.1) is 0 Å². The van der Waals surface area contributed by atoms with Gasteiger partial charge in [0.15, 0.2) is 0 Å². The van der Waals surface area contributed by atoms with Gasteiger partial charge in [-0.05, 0) is 52.0 Å². The number of rotatable bonds is 7. The van der Waals surface area contributed by atoms with Crippen molar-refractivity contribution in [1.29, 1.82) is 0 Å². The van der Waals surface area contributed by atoms with E-state index in [9.17, 15) is 0 Å². The van der Waals surface area contributed by atoms with E-state index in [4.69, 9.17) is 9.84 Å². The number of hydrogen-bond donors (Lipinski definition) is 1. The van der Waals surface area contributed by atoms with Gasteiger partial charge in [0.25, 0.3) is 0 Å². The minimum Gasteiger partial charge on any atom is -0.394 e. The highest BCUT2D eigenvalue weighted by atomic mass is 16.5. The molecule has 0 radical (unpaired) electrons. The van der Waals surface area contributed by atoms with Crippen molar-refractivity contribution in [2.45, 2.75) is 53.1 Å². The maximum atomic E-state index is 8.83. The quantitative estimate of drug-likeness (QED) is 0.814. The monoisotopic (exact) mass is 264 g/mol. The van der Waals surface area contributed by atoms with Crippen LogP contribution in [0.25, 0.3) is 0 Å². The number of aliphatic hydroxyl groups excluding tert-OH is 1. The summed E-state index contributed by atoms with van der Waals surface area (Å²) in [6.07, 6.45) is 2.08. The molecule has 0 fully saturated rings. The van der Waals surface area contributed by atoms with Crippen LogP contribution >= 0.6 is 0 Å². The molecule has 0 amide bonds. The first kappa shape index (κ1) is 16.2. The highest BCUT2D eigenvalue weighted by Gasteiger charge is 2.21. The third-order valence-electron chi connectivity index (χ3n) is 3.29. The van der Waals surface area contributed by atoms with Gasteiger partial charge in [-0.3, -0.25) is 0 Å². The molecular formula is C17H28O2. The standard InChI is InChI=1S/C17H28O2/c1-13-8-14(2)10-16(9-13)11-15(3)12-17(4,5)19-7-6-18/h8-10,15,18H,6-7,11-12H2,1-5H3. The van der Waals surface area contributed by atoms with Crippen LogP contribution in [0.2, 0.25) is 0 Å². The van der Waals surface area contributed by atoms with Crippen LogP contribution in [0.15, 0.2) is 18.2 Å². The zero-order valence-corrected chi connectivity index (χ0v) is 13.0. The molecule has 1 aromatic carbocycles. The third kappa shape index (κ3) is 6.22. The minimum absolute atomic E-state index is 0.0921. The Morgan fingerprint density at radius 3 is 2.26 bits per heavy atom. The molecule has 0 aromatic heterocycles. The number of ether oxygens (including phenoxy) is 1. The summed E-state index contributed by atoms with van der Waals surface area (Å²) in [6, 6.07) is 6.75. The Balaban J connectivity index is 2.56. The molecule has 0 aliphatic carbocycles. The zero-order valence-electron chi connectivity index (χ0n) is 13.0. The van der Waals surface area contributed by atoms with E-state index in [0.29, 0.717) is 12.5 Å². The van der Waals surface area contributed by atoms with Gasteiger partial charge >= 0.3 is 0 Å². The van der Waals surface area contributed by atoms with Crippen LogP contribution in [-0.4, -0.2) is 23.9 Å². The maximum Gasteiger partial charge on any atom is 0.0704 e. The third-order valence-corrected chi connectivity index (χ3v) is 3.29. The fourth-order valence-electron chi connectivity index (χ4n) is 2.88. The summed E-state index contributed by atoms with van der Waals surface area (Å²) < 4.78 is 5.68. The number of benzene rings is 1. The van der Waals surface area contributed by atoms with Crippen molar-refractivity contribution in [3.8, 4) is 0 Å². The van der Waals surface area contributed by atoms with Gasteiger partial charge in [-0.1, -0.05) is 36.2 Å². The summed E-state index contributed by atoms with van der Waals surface area (Å²) in [5.41, 5.74) is 3.90. The fraction of sp³-hybridized carbons (Fsp3) is 0.647. The Labute approximate surface area is 117 Å². The first-order chi connectivity index (χ1) is 8.82. The van der Waals surface area contributed by atoms with Crippen LogP contribution in [0.4, 0.5) is 0 Å². The van der Waals surface area contributed by atoms with Crippen LogP contribution in [0, 0.1) is 19.8 Å². The van der Waals surface area contributed by atoms with Crippen molar-refractivity contribution in [2.24, 2.45) is 5.92 Å². The molecule has 1 unspecified atom stereocenters. The Morgan fingerprint density at radius 1 is 1.16 bits per heavy atom. The molecule has 0 saturated heterocycles. The lowest BCUT2D eigenvalue weighted by atomic mass is 9.89. The molecule has 0 aliphatic rings. The second kappa shape index (κ2) is 7.06. The molecule has 19 heavy (non-hydrogen) atoms. The molecule has 108 valence electrons. The van der Waals surface area contributed by atoms with E-state index in [0.717, 1.165) is 12.8 Å². The van der Waals surface area contributed by atoms with Gasteiger partial charge in [0.2, 0.25) is 0 Å². The smallest absolute Gasteiger partial charge is 0.0704 e. The summed E-state index contributed by atoms with van der Waals surface area (Å²) in [5.74, 6) is 0.565. The zero-order chi connectivity index (χ0) is 14.5. The highest BCUT2D eigenvalue weighted by molar-refractivity contribution is 5.28. The molecule has 1 rings (SSSR count). The molecule has 0 aliphatic heterocycles. The molecular weight excluding hydrogens is 236 g/mol. The van der Waals surface area contributed by atoms with Crippen molar-refractivity contribution in [2.75, 3.05) is 13.2 Å². The summed E-state index contributed by atoms with van der Waals surface area (Å²) in [4.78, 5) is 0. The Kier molecular flexibility index (Phi) is 6.02. The van der Waals surface area contributed by atoms with Crippen LogP contribution < -0.4 is 0 Å². The van der Waals surface area contributed by atoms with E-state index in [-0.39, 0.29) is 12.2 Å². The molecule has 1 atom stereocenters. The molecule has 0 bridgehead atoms. The molecule has 1 N–H and O–H groups in total. The summed E-state index contributed by atoms with van der Waals surface area (Å²) in [7, 11) is 0. The Bertz CT molecular complexity index is 376. The molecule has 1 aromatic rings. The number of aryl methyl sites for hydroxylation is 2. The molecule has 0 heterocycles. The first-order valence-corrected chi connectivity index (χ1v) is 7.14. The minimum atomic E-state index is -0.166. The number of aliphatic hydroxyl groups is 1. The van der Waals surface area contributed by atoms with Crippen LogP contribution in [0.5, 0.6) is 0 Å². The van der Waals surface area contributed by atoms with Gasteiger partial charge in [0.05, 0.1) is 18.8 Å². The van der Waals surface area contributed by atoms with Crippen molar-refractivity contribution in [1.82, 2.24) is 0 Å². The predicted molar refractivity (Wildman–Crippen MR) is 80.5 cm³/mol. The van der Waals surface area contributed by atoms with Crippen molar-refractivity contribution >= 4 is 0 Å². The predicted octanol–water partition coefficient (Wildman–Crippen LogP) is 3.66. The summed E-state index contributed by atoms with van der Waals surface area (Å²) in [6.45, 7) is 11.3. The van der Waals surface area contributed by atoms with Crippen molar-refractivity contribution < 1.29 is 9.84 Å². The molecule has 0 spiro atoms. The van der Waals surface area contributed by atoms with E-state index in [1.54, 1.807) is 0 Å². The highest BCUT2D eigenvalue weighted by Crippen LogP contribution is 2.24. The Morgan fingerprint density at radius 2 is 1.74 bits per heavy atom. The topological polar surface area (TPSA) is 29.5 Å². The van der Waals surface area contributed by atoms with Crippen LogP contribution in [-0.2, 0) is 11.2 Å². The van der Waals surface area contributed by atoms with E-state index >= 15 is 0 Å². The SMILES string of the molecule is Cc1cc(C)cc(CC(C)CC(C)(C)OCCO)c1. The van der Waals surface area contributed by atoms with Gasteiger partial charge in [0, 0.05) is 0 Å². The van der Waals surface area contributed by atoms with E-state index in [1.807, 2.05) is 0 Å². The van der Waals surface area contributed by atoms with E-state index in [1.165, 1.54) is 16.7 Å². The van der Waals surface area contributed by atoms with Gasteiger partial charge in [0.1, 0.15) is 0 Å². The lowest BCUT2D eigenvalue weighted by Gasteiger charge is -2.28. The van der Waals surface area contributed by atoms with Crippen molar-refractivity contribution in [3.05, 3.63) is 34.9 Å². The summed E-state index contributed by atoms with van der Waals surface area (Å²) in [5, 5.41) is 8.83. The second-order valence-corrected chi connectivity index (χ2v) is 6.34. The maximum absolute atomic E-state index is 8.83. The largest absolute Gasteiger partial charge is 0.394 e. The fourth-order valence-corrected chi connectivity index (χ4v) is 2.88. The van der Waals surface area contributed by atoms with Crippen molar-refractivity contribution in [3.63, 3.8) is 0 Å². The normalized spacial score (nSPS) is 13.6. The molecule has 2 heteroatoms. The average molecular weight is 264 g/mol. The van der Waals surface area contributed by atoms with Crippen LogP contribution in [0.3, 0.4) is 0 Å². The second-order valence-electron chi connectivity index (χ2n) is 6.34. The Hall–Kier alpha value is -0.860. The molecule has 0 saturated carbocycles. The number of hydrogen-bond acceptors (Lipinski definition) is 2. The van der Waals surface area contributed by atoms with Gasteiger partial charge in [-0.2, -0.15) is 0 Å². The van der Waals surface area contributed by atoms with E-state index < -0.39 is 0 Å². The average Bonchev–Trinajstić information content (AvgIpc) is 2.23. The summed E-state index contributed by atoms with van der Waals surface area (Å²) >= 11 is 0. The van der Waals surface area contributed by atoms with E-state index in [2.05, 4.69) is 52.8 Å². The lowest BCUT2D eigenvalue weighted by molar-refractivity contribution is -0.0460.